The van der Waals surface area contributed by atoms with Crippen molar-refractivity contribution in [2.75, 3.05) is 18.4 Å². The zero-order valence-corrected chi connectivity index (χ0v) is 10.7. The SMILES string of the molecule is CC(CBr)CN1CCCC1C(C)C. The van der Waals surface area contributed by atoms with Crippen LogP contribution in [-0.4, -0.2) is 29.4 Å². The van der Waals surface area contributed by atoms with Gasteiger partial charge in [-0.1, -0.05) is 36.7 Å². The van der Waals surface area contributed by atoms with Gasteiger partial charge in [-0.2, -0.15) is 0 Å². The van der Waals surface area contributed by atoms with Gasteiger partial charge in [0, 0.05) is 17.9 Å². The number of hydrogen-bond donors (Lipinski definition) is 0. The predicted molar refractivity (Wildman–Crippen MR) is 62.4 cm³/mol. The van der Waals surface area contributed by atoms with Crippen molar-refractivity contribution in [3.8, 4) is 0 Å². The molecule has 0 saturated carbocycles. The molecule has 1 aliphatic rings. The first-order valence-corrected chi connectivity index (χ1v) is 6.57. The third kappa shape index (κ3) is 3.25. The van der Waals surface area contributed by atoms with Crippen molar-refractivity contribution >= 4 is 15.9 Å². The Balaban J connectivity index is 2.39. The maximum Gasteiger partial charge on any atom is 0.0119 e. The van der Waals surface area contributed by atoms with Crippen molar-refractivity contribution in [2.45, 2.75) is 39.7 Å². The van der Waals surface area contributed by atoms with Gasteiger partial charge in [0.2, 0.25) is 0 Å². The van der Waals surface area contributed by atoms with Crippen LogP contribution in [-0.2, 0) is 0 Å². The molecule has 78 valence electrons. The fraction of sp³-hybridized carbons (Fsp3) is 1.00. The van der Waals surface area contributed by atoms with Crippen molar-refractivity contribution in [1.82, 2.24) is 4.90 Å². The van der Waals surface area contributed by atoms with Crippen LogP contribution < -0.4 is 0 Å². The van der Waals surface area contributed by atoms with Gasteiger partial charge in [-0.15, -0.1) is 0 Å². The summed E-state index contributed by atoms with van der Waals surface area (Å²) < 4.78 is 0. The van der Waals surface area contributed by atoms with Gasteiger partial charge in [-0.05, 0) is 31.2 Å². The Morgan fingerprint density at radius 2 is 2.08 bits per heavy atom. The van der Waals surface area contributed by atoms with Crippen molar-refractivity contribution in [2.24, 2.45) is 11.8 Å². The van der Waals surface area contributed by atoms with Crippen LogP contribution in [0, 0.1) is 11.8 Å². The van der Waals surface area contributed by atoms with Gasteiger partial charge < -0.3 is 0 Å². The summed E-state index contributed by atoms with van der Waals surface area (Å²) in [7, 11) is 0. The highest BCUT2D eigenvalue weighted by Gasteiger charge is 2.27. The summed E-state index contributed by atoms with van der Waals surface area (Å²) in [6.45, 7) is 9.61. The van der Waals surface area contributed by atoms with E-state index in [0.29, 0.717) is 0 Å². The van der Waals surface area contributed by atoms with Crippen LogP contribution in [0.2, 0.25) is 0 Å². The second-order valence-electron chi connectivity index (χ2n) is 4.71. The average molecular weight is 248 g/mol. The fourth-order valence-electron chi connectivity index (χ4n) is 2.28. The van der Waals surface area contributed by atoms with Crippen molar-refractivity contribution in [3.63, 3.8) is 0 Å². The van der Waals surface area contributed by atoms with Crippen LogP contribution in [0.15, 0.2) is 0 Å². The van der Waals surface area contributed by atoms with E-state index in [9.17, 15) is 0 Å². The van der Waals surface area contributed by atoms with Gasteiger partial charge in [-0.25, -0.2) is 0 Å². The number of likely N-dealkylation sites (tertiary alicyclic amines) is 1. The average Bonchev–Trinajstić information content (AvgIpc) is 2.52. The molecule has 0 bridgehead atoms. The summed E-state index contributed by atoms with van der Waals surface area (Å²) >= 11 is 3.55. The third-order valence-electron chi connectivity index (χ3n) is 2.99. The van der Waals surface area contributed by atoms with Crippen LogP contribution in [0.3, 0.4) is 0 Å². The van der Waals surface area contributed by atoms with Crippen molar-refractivity contribution in [1.29, 1.82) is 0 Å². The normalized spacial score (nSPS) is 27.0. The molecule has 0 aromatic rings. The van der Waals surface area contributed by atoms with E-state index in [4.69, 9.17) is 0 Å². The topological polar surface area (TPSA) is 3.24 Å². The van der Waals surface area contributed by atoms with Crippen molar-refractivity contribution in [3.05, 3.63) is 0 Å². The van der Waals surface area contributed by atoms with Crippen LogP contribution in [0.5, 0.6) is 0 Å². The lowest BCUT2D eigenvalue weighted by atomic mass is 10.0. The summed E-state index contributed by atoms with van der Waals surface area (Å²) in [6.07, 6.45) is 2.81. The molecule has 2 unspecified atom stereocenters. The largest absolute Gasteiger partial charge is 0.300 e. The molecule has 2 heteroatoms. The smallest absolute Gasteiger partial charge is 0.0119 e. The maximum atomic E-state index is 3.55. The third-order valence-corrected chi connectivity index (χ3v) is 4.10. The van der Waals surface area contributed by atoms with E-state index in [2.05, 4.69) is 41.6 Å². The number of halogens is 1. The molecular weight excluding hydrogens is 226 g/mol. The van der Waals surface area contributed by atoms with E-state index in [1.807, 2.05) is 0 Å². The Bertz CT molecular complexity index is 147. The van der Waals surface area contributed by atoms with Crippen LogP contribution in [0.4, 0.5) is 0 Å². The fourth-order valence-corrected chi connectivity index (χ4v) is 2.49. The van der Waals surface area contributed by atoms with Crippen LogP contribution in [0.25, 0.3) is 0 Å². The van der Waals surface area contributed by atoms with E-state index in [1.54, 1.807) is 0 Å². The van der Waals surface area contributed by atoms with E-state index >= 15 is 0 Å². The Morgan fingerprint density at radius 1 is 1.38 bits per heavy atom. The quantitative estimate of drug-likeness (QED) is 0.691. The maximum absolute atomic E-state index is 3.55. The Kier molecular flexibility index (Phi) is 4.74. The monoisotopic (exact) mass is 247 g/mol. The summed E-state index contributed by atoms with van der Waals surface area (Å²) in [5, 5.41) is 1.13. The first-order valence-electron chi connectivity index (χ1n) is 5.45. The van der Waals surface area contributed by atoms with Crippen LogP contribution in [0.1, 0.15) is 33.6 Å². The predicted octanol–water partition coefficient (Wildman–Crippen LogP) is 3.14. The highest BCUT2D eigenvalue weighted by molar-refractivity contribution is 9.09. The van der Waals surface area contributed by atoms with E-state index in [1.165, 1.54) is 25.9 Å². The minimum absolute atomic E-state index is 0.791. The molecule has 0 aromatic heterocycles. The lowest BCUT2D eigenvalue weighted by Gasteiger charge is -2.29. The number of hydrogen-bond acceptors (Lipinski definition) is 1. The molecule has 0 amide bonds. The lowest BCUT2D eigenvalue weighted by molar-refractivity contribution is 0.188. The molecule has 0 spiro atoms. The number of rotatable bonds is 4. The molecule has 0 aliphatic carbocycles. The Morgan fingerprint density at radius 3 is 2.62 bits per heavy atom. The first-order chi connectivity index (χ1) is 6.15. The second-order valence-corrected chi connectivity index (χ2v) is 5.36. The summed E-state index contributed by atoms with van der Waals surface area (Å²) in [5.41, 5.74) is 0. The molecule has 13 heavy (non-hydrogen) atoms. The molecule has 1 heterocycles. The highest BCUT2D eigenvalue weighted by Crippen LogP contribution is 2.24. The molecule has 0 radical (unpaired) electrons. The molecule has 2 atom stereocenters. The van der Waals surface area contributed by atoms with E-state index < -0.39 is 0 Å². The highest BCUT2D eigenvalue weighted by atomic mass is 79.9. The number of nitrogens with zero attached hydrogens (tertiary/aromatic N) is 1. The molecule has 1 saturated heterocycles. The van der Waals surface area contributed by atoms with Crippen LogP contribution >= 0.6 is 15.9 Å². The summed E-state index contributed by atoms with van der Waals surface area (Å²) in [6, 6.07) is 0.849. The number of alkyl halides is 1. The van der Waals surface area contributed by atoms with Gasteiger partial charge in [0.1, 0.15) is 0 Å². The summed E-state index contributed by atoms with van der Waals surface area (Å²) in [5.74, 6) is 1.62. The Labute approximate surface area is 91.0 Å². The first kappa shape index (κ1) is 11.5. The molecule has 1 fully saturated rings. The van der Waals surface area contributed by atoms with Gasteiger partial charge in [0.15, 0.2) is 0 Å². The Hall–Kier alpha value is 0.440. The molecule has 1 nitrogen and oxygen atoms in total. The lowest BCUT2D eigenvalue weighted by Crippen LogP contribution is -2.36. The summed E-state index contributed by atoms with van der Waals surface area (Å²) in [4.78, 5) is 2.68. The second kappa shape index (κ2) is 5.35. The standard InChI is InChI=1S/C11H22BrN/c1-9(2)11-5-4-6-13(11)8-10(3)7-12/h9-11H,4-8H2,1-3H3. The minimum Gasteiger partial charge on any atom is -0.300 e. The minimum atomic E-state index is 0.791. The van der Waals surface area contributed by atoms with Gasteiger partial charge in [-0.3, -0.25) is 4.90 Å². The van der Waals surface area contributed by atoms with Gasteiger partial charge in [0.05, 0.1) is 0 Å². The molecule has 0 aromatic carbocycles. The molecular formula is C11H22BrN. The van der Waals surface area contributed by atoms with Crippen molar-refractivity contribution < 1.29 is 0 Å². The molecule has 1 aliphatic heterocycles. The van der Waals surface area contributed by atoms with Gasteiger partial charge >= 0.3 is 0 Å². The van der Waals surface area contributed by atoms with Gasteiger partial charge in [0.25, 0.3) is 0 Å². The molecule has 1 rings (SSSR count). The zero-order valence-electron chi connectivity index (χ0n) is 9.09. The molecule has 0 N–H and O–H groups in total. The van der Waals surface area contributed by atoms with E-state index in [-0.39, 0.29) is 0 Å². The van der Waals surface area contributed by atoms with E-state index in [0.717, 1.165) is 23.2 Å². The zero-order chi connectivity index (χ0) is 9.84.